The highest BCUT2D eigenvalue weighted by atomic mass is 16.7. The van der Waals surface area contributed by atoms with Crippen LogP contribution in [0.4, 0.5) is 5.69 Å². The molecule has 0 aliphatic rings. The molecule has 0 radical (unpaired) electrons. The molecule has 0 N–H and O–H groups in total. The lowest BCUT2D eigenvalue weighted by molar-refractivity contribution is -0.384. The Hall–Kier alpha value is -3.55. The summed E-state index contributed by atoms with van der Waals surface area (Å²) in [5.41, 5.74) is 1.60. The zero-order valence-corrected chi connectivity index (χ0v) is 12.5. The molecule has 0 saturated heterocycles. The summed E-state index contributed by atoms with van der Waals surface area (Å²) in [6.07, 6.45) is 0. The van der Waals surface area contributed by atoms with Gasteiger partial charge in [-0.3, -0.25) is 10.1 Å². The molecule has 0 aliphatic carbocycles. The van der Waals surface area contributed by atoms with Gasteiger partial charge in [0, 0.05) is 12.1 Å². The van der Waals surface area contributed by atoms with Crippen molar-refractivity contribution in [3.63, 3.8) is 0 Å². The number of nitro groups is 1. The van der Waals surface area contributed by atoms with Gasteiger partial charge in [0.15, 0.2) is 5.58 Å². The third-order valence-electron chi connectivity index (χ3n) is 3.18. The van der Waals surface area contributed by atoms with E-state index in [2.05, 4.69) is 10.1 Å². The van der Waals surface area contributed by atoms with Crippen molar-refractivity contribution in [3.8, 4) is 0 Å². The first kappa shape index (κ1) is 15.3. The minimum absolute atomic E-state index is 0.113. The quantitative estimate of drug-likeness (QED) is 0.315. The van der Waals surface area contributed by atoms with Crippen molar-refractivity contribution in [3.05, 3.63) is 70.1 Å². The number of carbonyl (C=O) groups is 1. The van der Waals surface area contributed by atoms with Crippen LogP contribution in [-0.2, 0) is 4.84 Å². The van der Waals surface area contributed by atoms with Gasteiger partial charge in [-0.15, -0.1) is 0 Å². The lowest BCUT2D eigenvalue weighted by atomic mass is 10.2. The van der Waals surface area contributed by atoms with E-state index in [1.54, 1.807) is 19.1 Å². The number of non-ortho nitro benzene ring substituents is 1. The second-order valence-electron chi connectivity index (χ2n) is 4.85. The molecule has 8 nitrogen and oxygen atoms in total. The summed E-state index contributed by atoms with van der Waals surface area (Å²) in [5, 5.41) is 14.3. The van der Waals surface area contributed by atoms with Crippen LogP contribution in [0.3, 0.4) is 0 Å². The lowest BCUT2D eigenvalue weighted by Gasteiger charge is -1.99. The van der Waals surface area contributed by atoms with Crippen LogP contribution in [0.25, 0.3) is 11.1 Å². The summed E-state index contributed by atoms with van der Waals surface area (Å²) >= 11 is 0. The van der Waals surface area contributed by atoms with Crippen LogP contribution in [0.5, 0.6) is 0 Å². The van der Waals surface area contributed by atoms with E-state index in [1.807, 2.05) is 12.1 Å². The SMILES string of the molecule is C/C(=N\OC(=O)c1ccc([N+](=O)[O-])cc1)c1nc2ccccc2o1. The summed E-state index contributed by atoms with van der Waals surface area (Å²) in [6.45, 7) is 1.59. The van der Waals surface area contributed by atoms with Crippen molar-refractivity contribution in [2.24, 2.45) is 5.16 Å². The van der Waals surface area contributed by atoms with Crippen molar-refractivity contribution in [2.75, 3.05) is 0 Å². The standard InChI is InChI=1S/C16H11N3O5/c1-10(15-17-13-4-2-3-5-14(13)23-15)18-24-16(20)11-6-8-12(9-7-11)19(21)22/h2-9H,1H3/b18-10+. The minimum Gasteiger partial charge on any atom is -0.435 e. The smallest absolute Gasteiger partial charge is 0.365 e. The lowest BCUT2D eigenvalue weighted by Crippen LogP contribution is -2.04. The van der Waals surface area contributed by atoms with Gasteiger partial charge in [0.05, 0.1) is 10.5 Å². The molecule has 0 aliphatic heterocycles. The highest BCUT2D eigenvalue weighted by Crippen LogP contribution is 2.16. The Kier molecular flexibility index (Phi) is 4.02. The highest BCUT2D eigenvalue weighted by molar-refractivity contribution is 5.97. The number of oxazole rings is 1. The summed E-state index contributed by atoms with van der Waals surface area (Å²) in [7, 11) is 0. The van der Waals surface area contributed by atoms with Gasteiger partial charge in [-0.05, 0) is 31.2 Å². The molecule has 8 heteroatoms. The average molecular weight is 325 g/mol. The van der Waals surface area contributed by atoms with Crippen LogP contribution in [0.1, 0.15) is 23.2 Å². The first-order valence-electron chi connectivity index (χ1n) is 6.91. The van der Waals surface area contributed by atoms with Gasteiger partial charge >= 0.3 is 5.97 Å². The van der Waals surface area contributed by atoms with E-state index >= 15 is 0 Å². The maximum atomic E-state index is 11.9. The van der Waals surface area contributed by atoms with Gasteiger partial charge in [-0.25, -0.2) is 9.78 Å². The molecule has 0 atom stereocenters. The monoisotopic (exact) mass is 325 g/mol. The molecule has 1 heterocycles. The van der Waals surface area contributed by atoms with Crippen molar-refractivity contribution < 1.29 is 19.0 Å². The molecule has 120 valence electrons. The zero-order chi connectivity index (χ0) is 17.1. The third-order valence-corrected chi connectivity index (χ3v) is 3.18. The fraction of sp³-hybridized carbons (Fsp3) is 0.0625. The molecule has 3 aromatic rings. The van der Waals surface area contributed by atoms with Crippen LogP contribution >= 0.6 is 0 Å². The number of hydrogen-bond acceptors (Lipinski definition) is 7. The molecule has 0 fully saturated rings. The Morgan fingerprint density at radius 1 is 1.21 bits per heavy atom. The van der Waals surface area contributed by atoms with Crippen molar-refractivity contribution >= 4 is 28.5 Å². The molecule has 24 heavy (non-hydrogen) atoms. The van der Waals surface area contributed by atoms with E-state index in [9.17, 15) is 14.9 Å². The van der Waals surface area contributed by atoms with E-state index in [4.69, 9.17) is 9.25 Å². The largest absolute Gasteiger partial charge is 0.435 e. The fourth-order valence-electron chi connectivity index (χ4n) is 1.95. The van der Waals surface area contributed by atoms with Gasteiger partial charge < -0.3 is 9.25 Å². The van der Waals surface area contributed by atoms with Crippen molar-refractivity contribution in [1.29, 1.82) is 0 Å². The predicted octanol–water partition coefficient (Wildman–Crippen LogP) is 3.32. The van der Waals surface area contributed by atoms with E-state index in [1.165, 1.54) is 24.3 Å². The van der Waals surface area contributed by atoms with Gasteiger partial charge in [-0.2, -0.15) is 0 Å². The second kappa shape index (κ2) is 6.29. The summed E-state index contributed by atoms with van der Waals surface area (Å²) < 4.78 is 5.50. The highest BCUT2D eigenvalue weighted by Gasteiger charge is 2.13. The number of aromatic nitrogens is 1. The molecule has 0 saturated carbocycles. The molecular weight excluding hydrogens is 314 g/mol. The molecular formula is C16H11N3O5. The summed E-state index contributed by atoms with van der Waals surface area (Å²) in [5.74, 6) is -0.493. The van der Waals surface area contributed by atoms with Gasteiger partial charge in [0.2, 0.25) is 5.89 Å². The minimum atomic E-state index is -0.736. The maximum absolute atomic E-state index is 11.9. The predicted molar refractivity (Wildman–Crippen MR) is 84.7 cm³/mol. The van der Waals surface area contributed by atoms with E-state index in [-0.39, 0.29) is 17.1 Å². The van der Waals surface area contributed by atoms with E-state index < -0.39 is 10.9 Å². The van der Waals surface area contributed by atoms with Crippen LogP contribution in [0, 0.1) is 10.1 Å². The molecule has 0 bridgehead atoms. The Bertz CT molecular complexity index is 911. The number of benzene rings is 2. The number of carbonyl (C=O) groups excluding carboxylic acids is 1. The molecule has 0 spiro atoms. The summed E-state index contributed by atoms with van der Waals surface area (Å²) in [6, 6.07) is 12.2. The topological polar surface area (TPSA) is 108 Å². The van der Waals surface area contributed by atoms with Gasteiger partial charge in [0.1, 0.15) is 11.2 Å². The average Bonchev–Trinajstić information content (AvgIpc) is 3.03. The third kappa shape index (κ3) is 3.12. The molecule has 2 aromatic carbocycles. The van der Waals surface area contributed by atoms with Crippen LogP contribution in [0.2, 0.25) is 0 Å². The maximum Gasteiger partial charge on any atom is 0.365 e. The van der Waals surface area contributed by atoms with Crippen molar-refractivity contribution in [2.45, 2.75) is 6.92 Å². The summed E-state index contributed by atoms with van der Waals surface area (Å²) in [4.78, 5) is 31.0. The number of fused-ring (bicyclic) bond motifs is 1. The number of rotatable bonds is 4. The molecule has 0 unspecified atom stereocenters. The van der Waals surface area contributed by atoms with Crippen molar-refractivity contribution in [1.82, 2.24) is 4.98 Å². The van der Waals surface area contributed by atoms with Crippen LogP contribution in [0.15, 0.2) is 58.1 Å². The molecule has 3 rings (SSSR count). The second-order valence-corrected chi connectivity index (χ2v) is 4.85. The van der Waals surface area contributed by atoms with Gasteiger partial charge in [-0.1, -0.05) is 17.3 Å². The first-order valence-corrected chi connectivity index (χ1v) is 6.91. The van der Waals surface area contributed by atoms with E-state index in [0.717, 1.165) is 0 Å². The van der Waals surface area contributed by atoms with Crippen LogP contribution in [-0.4, -0.2) is 21.6 Å². The number of nitro benzene ring substituents is 1. The first-order chi connectivity index (χ1) is 11.5. The zero-order valence-electron chi connectivity index (χ0n) is 12.5. The Balaban J connectivity index is 1.74. The molecule has 1 aromatic heterocycles. The number of oxime groups is 1. The van der Waals surface area contributed by atoms with Crippen LogP contribution < -0.4 is 0 Å². The Labute approximate surface area is 135 Å². The number of hydrogen-bond donors (Lipinski definition) is 0. The fourth-order valence-corrected chi connectivity index (χ4v) is 1.95. The molecule has 0 amide bonds. The normalized spacial score (nSPS) is 11.5. The number of para-hydroxylation sites is 2. The number of nitrogens with zero attached hydrogens (tertiary/aromatic N) is 3. The van der Waals surface area contributed by atoms with Gasteiger partial charge in [0.25, 0.3) is 5.69 Å². The Morgan fingerprint density at radius 2 is 1.92 bits per heavy atom. The van der Waals surface area contributed by atoms with E-state index in [0.29, 0.717) is 16.8 Å². The Morgan fingerprint density at radius 3 is 2.58 bits per heavy atom.